The Morgan fingerprint density at radius 3 is 2.81 bits per heavy atom. The van der Waals surface area contributed by atoms with Crippen molar-refractivity contribution in [3.63, 3.8) is 0 Å². The molecule has 0 aliphatic carbocycles. The molecule has 0 saturated carbocycles. The Balaban J connectivity index is 2.17. The molecule has 0 bridgehead atoms. The van der Waals surface area contributed by atoms with Crippen LogP contribution in [0.5, 0.6) is 5.75 Å². The highest BCUT2D eigenvalue weighted by atomic mass is 16.5. The second kappa shape index (κ2) is 6.98. The van der Waals surface area contributed by atoms with Gasteiger partial charge in [-0.25, -0.2) is 0 Å². The highest BCUT2D eigenvalue weighted by Gasteiger charge is 2.29. The number of aliphatic hydroxyl groups excluding tert-OH is 1. The van der Waals surface area contributed by atoms with Crippen LogP contribution < -0.4 is 4.74 Å². The molecule has 1 aliphatic heterocycles. The van der Waals surface area contributed by atoms with Gasteiger partial charge in [-0.1, -0.05) is 25.7 Å². The zero-order valence-electron chi connectivity index (χ0n) is 13.3. The minimum atomic E-state index is 0.110. The summed E-state index contributed by atoms with van der Waals surface area (Å²) in [5.41, 5.74) is 2.65. The van der Waals surface area contributed by atoms with Crippen LogP contribution in [0, 0.1) is 17.3 Å². The minimum absolute atomic E-state index is 0.110. The Morgan fingerprint density at radius 2 is 2.19 bits per heavy atom. The number of hydrogen-bond acceptors (Lipinski definition) is 3. The van der Waals surface area contributed by atoms with E-state index in [1.165, 1.54) is 12.0 Å². The minimum Gasteiger partial charge on any atom is -0.497 e. The Kier molecular flexibility index (Phi) is 5.27. The number of ether oxygens (including phenoxy) is 1. The van der Waals surface area contributed by atoms with Crippen molar-refractivity contribution in [1.82, 2.24) is 4.90 Å². The van der Waals surface area contributed by atoms with Crippen LogP contribution in [-0.4, -0.2) is 36.8 Å². The van der Waals surface area contributed by atoms with Crippen LogP contribution in [0.3, 0.4) is 0 Å². The molecular formula is C18H25NO2. The molecule has 1 heterocycles. The largest absolute Gasteiger partial charge is 0.497 e. The van der Waals surface area contributed by atoms with Crippen molar-refractivity contribution in [2.75, 3.05) is 26.8 Å². The average Bonchev–Trinajstić information content (AvgIpc) is 2.79. The lowest BCUT2D eigenvalue weighted by Gasteiger charge is -2.20. The maximum absolute atomic E-state index is 8.85. The zero-order chi connectivity index (χ0) is 15.3. The number of nitrogens with zero attached hydrogens (tertiary/aromatic N) is 1. The summed E-state index contributed by atoms with van der Waals surface area (Å²) in [5.74, 6) is 7.05. The summed E-state index contributed by atoms with van der Waals surface area (Å²) in [6.45, 7) is 7.91. The third-order valence-electron chi connectivity index (χ3n) is 3.92. The van der Waals surface area contributed by atoms with E-state index in [2.05, 4.69) is 36.7 Å². The first-order valence-electron chi connectivity index (χ1n) is 7.53. The molecule has 1 fully saturated rings. The maximum Gasteiger partial charge on any atom is 0.119 e. The fraction of sp³-hybridized carbons (Fsp3) is 0.556. The molecule has 0 aromatic heterocycles. The van der Waals surface area contributed by atoms with E-state index >= 15 is 0 Å². The van der Waals surface area contributed by atoms with E-state index in [1.807, 2.05) is 12.1 Å². The molecule has 2 rings (SSSR count). The summed E-state index contributed by atoms with van der Waals surface area (Å²) in [6.07, 6.45) is 1.75. The quantitative estimate of drug-likeness (QED) is 0.864. The van der Waals surface area contributed by atoms with E-state index in [0.717, 1.165) is 30.9 Å². The number of likely N-dealkylation sites (tertiary alicyclic amines) is 1. The van der Waals surface area contributed by atoms with Crippen LogP contribution in [0.15, 0.2) is 18.2 Å². The van der Waals surface area contributed by atoms with E-state index in [1.54, 1.807) is 7.11 Å². The first kappa shape index (κ1) is 15.9. The second-order valence-electron chi connectivity index (χ2n) is 6.42. The molecule has 1 aromatic rings. The molecule has 1 aliphatic rings. The number of benzene rings is 1. The third kappa shape index (κ3) is 4.49. The van der Waals surface area contributed by atoms with Crippen LogP contribution in [0.2, 0.25) is 0 Å². The smallest absolute Gasteiger partial charge is 0.119 e. The standard InChI is InChI=1S/C18H25NO2/c1-18(2)9-10-19(14-18)13-16-12-17(21-3)8-7-15(16)6-4-5-11-20/h7-8,12,20H,5,9-11,13-14H2,1-3H3. The van der Waals surface area contributed by atoms with E-state index in [4.69, 9.17) is 9.84 Å². The van der Waals surface area contributed by atoms with Crippen molar-refractivity contribution in [3.05, 3.63) is 29.3 Å². The van der Waals surface area contributed by atoms with Gasteiger partial charge in [0.05, 0.1) is 13.7 Å². The van der Waals surface area contributed by atoms with Gasteiger partial charge in [0, 0.05) is 25.1 Å². The van der Waals surface area contributed by atoms with Crippen LogP contribution in [0.1, 0.15) is 37.8 Å². The molecule has 3 nitrogen and oxygen atoms in total. The predicted molar refractivity (Wildman–Crippen MR) is 85.2 cm³/mol. The van der Waals surface area contributed by atoms with Gasteiger partial charge in [0.25, 0.3) is 0 Å². The lowest BCUT2D eigenvalue weighted by Crippen LogP contribution is -2.23. The molecule has 114 valence electrons. The molecule has 21 heavy (non-hydrogen) atoms. The SMILES string of the molecule is COc1ccc(C#CCCO)c(CN2CCC(C)(C)C2)c1. The van der Waals surface area contributed by atoms with E-state index in [0.29, 0.717) is 11.8 Å². The van der Waals surface area contributed by atoms with Gasteiger partial charge in [0.2, 0.25) is 0 Å². The molecular weight excluding hydrogens is 262 g/mol. The lowest BCUT2D eigenvalue weighted by molar-refractivity contribution is 0.284. The molecule has 0 radical (unpaired) electrons. The highest BCUT2D eigenvalue weighted by molar-refractivity contribution is 5.45. The molecule has 1 aromatic carbocycles. The van der Waals surface area contributed by atoms with Crippen molar-refractivity contribution < 1.29 is 9.84 Å². The van der Waals surface area contributed by atoms with Gasteiger partial charge >= 0.3 is 0 Å². The summed E-state index contributed by atoms with van der Waals surface area (Å²) in [6, 6.07) is 6.04. The van der Waals surface area contributed by atoms with Crippen LogP contribution in [0.25, 0.3) is 0 Å². The number of rotatable bonds is 4. The molecule has 0 atom stereocenters. The van der Waals surface area contributed by atoms with Crippen molar-refractivity contribution >= 4 is 0 Å². The topological polar surface area (TPSA) is 32.7 Å². The van der Waals surface area contributed by atoms with Crippen LogP contribution in [0.4, 0.5) is 0 Å². The Morgan fingerprint density at radius 1 is 1.38 bits per heavy atom. The summed E-state index contributed by atoms with van der Waals surface area (Å²) in [4.78, 5) is 2.48. The Hall–Kier alpha value is -1.50. The van der Waals surface area contributed by atoms with Gasteiger partial charge < -0.3 is 9.84 Å². The fourth-order valence-corrected chi connectivity index (χ4v) is 2.76. The molecule has 0 spiro atoms. The first-order chi connectivity index (χ1) is 10.0. The van der Waals surface area contributed by atoms with Gasteiger partial charge in [0.15, 0.2) is 0 Å². The normalized spacial score (nSPS) is 17.3. The average molecular weight is 287 g/mol. The molecule has 3 heteroatoms. The number of methoxy groups -OCH3 is 1. The number of hydrogen-bond donors (Lipinski definition) is 1. The molecule has 1 saturated heterocycles. The number of aliphatic hydroxyl groups is 1. The monoisotopic (exact) mass is 287 g/mol. The predicted octanol–water partition coefficient (Wildman–Crippen LogP) is 2.66. The van der Waals surface area contributed by atoms with E-state index in [-0.39, 0.29) is 6.61 Å². The van der Waals surface area contributed by atoms with Gasteiger partial charge in [0.1, 0.15) is 5.75 Å². The Labute approximate surface area is 127 Å². The zero-order valence-corrected chi connectivity index (χ0v) is 13.3. The van der Waals surface area contributed by atoms with Crippen LogP contribution >= 0.6 is 0 Å². The summed E-state index contributed by atoms with van der Waals surface area (Å²) in [7, 11) is 1.69. The van der Waals surface area contributed by atoms with Gasteiger partial charge in [-0.2, -0.15) is 0 Å². The van der Waals surface area contributed by atoms with Gasteiger partial charge in [-0.05, 0) is 42.1 Å². The van der Waals surface area contributed by atoms with E-state index in [9.17, 15) is 0 Å². The summed E-state index contributed by atoms with van der Waals surface area (Å²) < 4.78 is 5.33. The highest BCUT2D eigenvalue weighted by Crippen LogP contribution is 2.30. The summed E-state index contributed by atoms with van der Waals surface area (Å²) in [5, 5.41) is 8.85. The molecule has 0 amide bonds. The van der Waals surface area contributed by atoms with Crippen LogP contribution in [-0.2, 0) is 6.54 Å². The first-order valence-corrected chi connectivity index (χ1v) is 7.53. The van der Waals surface area contributed by atoms with Crippen molar-refractivity contribution in [3.8, 4) is 17.6 Å². The summed E-state index contributed by atoms with van der Waals surface area (Å²) >= 11 is 0. The van der Waals surface area contributed by atoms with Crippen molar-refractivity contribution in [2.45, 2.75) is 33.2 Å². The van der Waals surface area contributed by atoms with Gasteiger partial charge in [-0.15, -0.1) is 0 Å². The molecule has 1 N–H and O–H groups in total. The third-order valence-corrected chi connectivity index (χ3v) is 3.92. The lowest BCUT2D eigenvalue weighted by atomic mass is 9.93. The molecule has 0 unspecified atom stereocenters. The van der Waals surface area contributed by atoms with E-state index < -0.39 is 0 Å². The maximum atomic E-state index is 8.85. The fourth-order valence-electron chi connectivity index (χ4n) is 2.76. The van der Waals surface area contributed by atoms with Crippen molar-refractivity contribution in [1.29, 1.82) is 0 Å². The van der Waals surface area contributed by atoms with Gasteiger partial charge in [-0.3, -0.25) is 4.90 Å². The second-order valence-corrected chi connectivity index (χ2v) is 6.42. The Bertz CT molecular complexity index is 540. The van der Waals surface area contributed by atoms with Crippen molar-refractivity contribution in [2.24, 2.45) is 5.41 Å².